The highest BCUT2D eigenvalue weighted by Gasteiger charge is 2.33. The molecule has 1 rings (SSSR count). The van der Waals surface area contributed by atoms with Crippen LogP contribution < -0.4 is 0 Å². The maximum absolute atomic E-state index is 5.51. The molecule has 18 heavy (non-hydrogen) atoms. The van der Waals surface area contributed by atoms with Crippen LogP contribution in [-0.2, 0) is 4.74 Å². The van der Waals surface area contributed by atoms with E-state index in [1.807, 2.05) is 0 Å². The number of rotatable bonds is 8. The average Bonchev–Trinajstić information content (AvgIpc) is 2.44. The summed E-state index contributed by atoms with van der Waals surface area (Å²) in [6.07, 6.45) is 4.94. The topological polar surface area (TPSA) is 12.5 Å². The molecule has 0 spiro atoms. The van der Waals surface area contributed by atoms with Gasteiger partial charge in [-0.2, -0.15) is 12.6 Å². The van der Waals surface area contributed by atoms with Gasteiger partial charge in [0.05, 0.1) is 0 Å². The Morgan fingerprint density at radius 2 is 1.78 bits per heavy atom. The van der Waals surface area contributed by atoms with E-state index >= 15 is 0 Å². The molecule has 0 aromatic carbocycles. The van der Waals surface area contributed by atoms with Gasteiger partial charge >= 0.3 is 0 Å². The summed E-state index contributed by atoms with van der Waals surface area (Å²) >= 11 is 4.62. The molecule has 1 fully saturated rings. The Bertz CT molecular complexity index is 213. The van der Waals surface area contributed by atoms with Crippen LogP contribution >= 0.6 is 12.6 Å². The maximum Gasteiger partial charge on any atom is 0.0472 e. The summed E-state index contributed by atoms with van der Waals surface area (Å²) in [7, 11) is 0. The van der Waals surface area contributed by atoms with E-state index in [2.05, 4.69) is 38.3 Å². The van der Waals surface area contributed by atoms with Crippen molar-refractivity contribution in [2.45, 2.75) is 46.5 Å². The zero-order valence-electron chi connectivity index (χ0n) is 12.5. The normalized spacial score (nSPS) is 19.7. The zero-order valence-corrected chi connectivity index (χ0v) is 13.3. The van der Waals surface area contributed by atoms with Gasteiger partial charge in [0, 0.05) is 26.3 Å². The van der Waals surface area contributed by atoms with Crippen LogP contribution in [-0.4, -0.2) is 43.5 Å². The minimum Gasteiger partial charge on any atom is -0.381 e. The van der Waals surface area contributed by atoms with Crippen LogP contribution in [0.15, 0.2) is 0 Å². The molecule has 0 atom stereocenters. The smallest absolute Gasteiger partial charge is 0.0472 e. The lowest BCUT2D eigenvalue weighted by molar-refractivity contribution is 0.00602. The van der Waals surface area contributed by atoms with E-state index in [9.17, 15) is 0 Å². The van der Waals surface area contributed by atoms with E-state index in [1.54, 1.807) is 0 Å². The van der Waals surface area contributed by atoms with Gasteiger partial charge in [-0.05, 0) is 36.5 Å². The van der Waals surface area contributed by atoms with Gasteiger partial charge in [-0.25, -0.2) is 0 Å². The Morgan fingerprint density at radius 3 is 2.22 bits per heavy atom. The molecule has 1 aliphatic heterocycles. The number of nitrogens with zero attached hydrogens (tertiary/aromatic N) is 1. The molecular formula is C15H31NOS. The minimum absolute atomic E-state index is 0.392. The molecule has 0 aromatic rings. The van der Waals surface area contributed by atoms with Gasteiger partial charge in [-0.3, -0.25) is 0 Å². The summed E-state index contributed by atoms with van der Waals surface area (Å²) in [6.45, 7) is 12.4. The second kappa shape index (κ2) is 8.44. The second-order valence-corrected chi connectivity index (χ2v) is 6.10. The second-order valence-electron chi connectivity index (χ2n) is 5.78. The highest BCUT2D eigenvalue weighted by molar-refractivity contribution is 7.80. The standard InChI is InChI=1S/C15H31NOS/c1-4-14(5-2)11-16(6-3)12-15(13-18)7-9-17-10-8-15/h14,18H,4-13H2,1-3H3. The Hall–Kier alpha value is 0.270. The van der Waals surface area contributed by atoms with Crippen LogP contribution in [0.25, 0.3) is 0 Å². The van der Waals surface area contributed by atoms with Crippen molar-refractivity contribution in [3.8, 4) is 0 Å². The quantitative estimate of drug-likeness (QED) is 0.680. The van der Waals surface area contributed by atoms with Gasteiger partial charge in [0.15, 0.2) is 0 Å². The molecule has 0 aliphatic carbocycles. The Labute approximate surface area is 119 Å². The molecule has 108 valence electrons. The Balaban J connectivity index is 2.53. The molecule has 0 radical (unpaired) electrons. The number of ether oxygens (including phenoxy) is 1. The fourth-order valence-corrected chi connectivity index (χ4v) is 3.28. The van der Waals surface area contributed by atoms with Gasteiger partial charge < -0.3 is 9.64 Å². The monoisotopic (exact) mass is 273 g/mol. The first kappa shape index (κ1) is 16.3. The van der Waals surface area contributed by atoms with E-state index in [0.717, 1.165) is 31.4 Å². The van der Waals surface area contributed by atoms with Crippen LogP contribution in [0.2, 0.25) is 0 Å². The van der Waals surface area contributed by atoms with Crippen molar-refractivity contribution in [2.24, 2.45) is 11.3 Å². The lowest BCUT2D eigenvalue weighted by Crippen LogP contribution is -2.44. The number of thiol groups is 1. The minimum atomic E-state index is 0.392. The summed E-state index contributed by atoms with van der Waals surface area (Å²) in [4.78, 5) is 2.64. The van der Waals surface area contributed by atoms with Crippen molar-refractivity contribution in [3.05, 3.63) is 0 Å². The van der Waals surface area contributed by atoms with E-state index in [-0.39, 0.29) is 0 Å². The summed E-state index contributed by atoms with van der Waals surface area (Å²) in [5, 5.41) is 0. The molecule has 1 heterocycles. The first-order chi connectivity index (χ1) is 8.69. The number of hydrogen-bond acceptors (Lipinski definition) is 3. The van der Waals surface area contributed by atoms with E-state index < -0.39 is 0 Å². The predicted molar refractivity (Wildman–Crippen MR) is 82.5 cm³/mol. The third-order valence-corrected chi connectivity index (χ3v) is 5.24. The largest absolute Gasteiger partial charge is 0.381 e. The van der Waals surface area contributed by atoms with E-state index in [0.29, 0.717) is 5.41 Å². The van der Waals surface area contributed by atoms with Crippen molar-refractivity contribution >= 4 is 12.6 Å². The third kappa shape index (κ3) is 4.75. The first-order valence-electron chi connectivity index (χ1n) is 7.60. The highest BCUT2D eigenvalue weighted by Crippen LogP contribution is 2.33. The Morgan fingerprint density at radius 1 is 1.17 bits per heavy atom. The van der Waals surface area contributed by atoms with Crippen LogP contribution in [0.1, 0.15) is 46.5 Å². The van der Waals surface area contributed by atoms with Crippen molar-refractivity contribution in [1.29, 1.82) is 0 Å². The molecule has 0 bridgehead atoms. The zero-order chi connectivity index (χ0) is 13.4. The maximum atomic E-state index is 5.51. The van der Waals surface area contributed by atoms with Crippen molar-refractivity contribution in [1.82, 2.24) is 4.90 Å². The van der Waals surface area contributed by atoms with Crippen LogP contribution in [0, 0.1) is 11.3 Å². The molecule has 0 aromatic heterocycles. The van der Waals surface area contributed by atoms with E-state index in [4.69, 9.17) is 4.74 Å². The van der Waals surface area contributed by atoms with E-state index in [1.165, 1.54) is 38.8 Å². The van der Waals surface area contributed by atoms with Gasteiger partial charge in [-0.1, -0.05) is 33.6 Å². The summed E-state index contributed by atoms with van der Waals surface area (Å²) in [5.41, 5.74) is 0.392. The molecule has 0 saturated carbocycles. The highest BCUT2D eigenvalue weighted by atomic mass is 32.1. The SMILES string of the molecule is CCC(CC)CN(CC)CC1(CS)CCOCC1. The molecule has 1 aliphatic rings. The first-order valence-corrected chi connectivity index (χ1v) is 8.23. The predicted octanol–water partition coefficient (Wildman–Crippen LogP) is 3.47. The van der Waals surface area contributed by atoms with Gasteiger partial charge in [0.25, 0.3) is 0 Å². The summed E-state index contributed by atoms with van der Waals surface area (Å²) in [5.74, 6) is 1.84. The molecule has 2 nitrogen and oxygen atoms in total. The molecular weight excluding hydrogens is 242 g/mol. The summed E-state index contributed by atoms with van der Waals surface area (Å²) in [6, 6.07) is 0. The van der Waals surface area contributed by atoms with Crippen molar-refractivity contribution < 1.29 is 4.74 Å². The Kier molecular flexibility index (Phi) is 7.66. The third-order valence-electron chi connectivity index (χ3n) is 4.57. The fourth-order valence-electron chi connectivity index (χ4n) is 2.86. The molecule has 0 unspecified atom stereocenters. The molecule has 1 saturated heterocycles. The van der Waals surface area contributed by atoms with Crippen LogP contribution in [0.5, 0.6) is 0 Å². The van der Waals surface area contributed by atoms with Gasteiger partial charge in [0.2, 0.25) is 0 Å². The van der Waals surface area contributed by atoms with Crippen LogP contribution in [0.3, 0.4) is 0 Å². The lowest BCUT2D eigenvalue weighted by Gasteiger charge is -2.40. The van der Waals surface area contributed by atoms with Gasteiger partial charge in [-0.15, -0.1) is 0 Å². The van der Waals surface area contributed by atoms with Crippen molar-refractivity contribution in [3.63, 3.8) is 0 Å². The van der Waals surface area contributed by atoms with Gasteiger partial charge in [0.1, 0.15) is 0 Å². The lowest BCUT2D eigenvalue weighted by atomic mass is 9.81. The average molecular weight is 273 g/mol. The summed E-state index contributed by atoms with van der Waals surface area (Å²) < 4.78 is 5.51. The van der Waals surface area contributed by atoms with Crippen molar-refractivity contribution in [2.75, 3.05) is 38.6 Å². The number of hydrogen-bond donors (Lipinski definition) is 1. The molecule has 0 N–H and O–H groups in total. The molecule has 0 amide bonds. The van der Waals surface area contributed by atoms with Crippen LogP contribution in [0.4, 0.5) is 0 Å². The fraction of sp³-hybridized carbons (Fsp3) is 1.00. The molecule has 3 heteroatoms.